The molecule has 0 bridgehead atoms. The number of nitrogens with two attached hydrogens (primary N) is 1. The first kappa shape index (κ1) is 22.5. The van der Waals surface area contributed by atoms with Gasteiger partial charge in [-0.1, -0.05) is 23.7 Å². The average Bonchev–Trinajstić information content (AvgIpc) is 3.49. The number of benzene rings is 1. The Morgan fingerprint density at radius 3 is 2.75 bits per heavy atom. The van der Waals surface area contributed by atoms with Crippen molar-refractivity contribution < 1.29 is 4.79 Å². The van der Waals surface area contributed by atoms with E-state index in [1.807, 2.05) is 43.3 Å². The van der Waals surface area contributed by atoms with Crippen LogP contribution in [0.4, 0.5) is 11.5 Å². The third kappa shape index (κ3) is 3.95. The van der Waals surface area contributed by atoms with Crippen molar-refractivity contribution in [3.05, 3.63) is 65.5 Å². The molecular weight excluding hydrogens is 476 g/mol. The van der Waals surface area contributed by atoms with Crippen LogP contribution >= 0.6 is 11.6 Å². The van der Waals surface area contributed by atoms with Gasteiger partial charge in [-0.2, -0.15) is 5.10 Å². The van der Waals surface area contributed by atoms with Crippen LogP contribution in [0.25, 0.3) is 27.8 Å². The Kier molecular flexibility index (Phi) is 5.56. The number of rotatable bonds is 4. The zero-order valence-electron chi connectivity index (χ0n) is 19.7. The Morgan fingerprint density at radius 1 is 1.17 bits per heavy atom. The van der Waals surface area contributed by atoms with E-state index in [-0.39, 0.29) is 17.7 Å². The van der Waals surface area contributed by atoms with E-state index in [2.05, 4.69) is 25.4 Å². The molecule has 36 heavy (non-hydrogen) atoms. The molecule has 0 unspecified atom stereocenters. The van der Waals surface area contributed by atoms with Crippen LogP contribution in [0.3, 0.4) is 0 Å². The zero-order chi connectivity index (χ0) is 24.8. The molecular formula is C26H25ClN8O. The second-order valence-corrected chi connectivity index (χ2v) is 9.74. The summed E-state index contributed by atoms with van der Waals surface area (Å²) < 4.78 is 1.80. The van der Waals surface area contributed by atoms with Gasteiger partial charge in [0.2, 0.25) is 5.91 Å². The minimum atomic E-state index is -0.0520. The maximum absolute atomic E-state index is 12.8. The highest BCUT2D eigenvalue weighted by atomic mass is 35.5. The average molecular weight is 501 g/mol. The maximum atomic E-state index is 12.8. The number of imidazole rings is 1. The number of aromatic amines is 1. The van der Waals surface area contributed by atoms with Crippen molar-refractivity contribution in [2.45, 2.75) is 38.5 Å². The number of nitrogens with zero attached hydrogens (tertiary/aromatic N) is 5. The lowest BCUT2D eigenvalue weighted by atomic mass is 9.81. The number of aryl methyl sites for hydroxylation is 1. The Labute approximate surface area is 212 Å². The van der Waals surface area contributed by atoms with E-state index < -0.39 is 0 Å². The van der Waals surface area contributed by atoms with Crippen LogP contribution in [0.5, 0.6) is 0 Å². The number of aromatic nitrogens is 6. The van der Waals surface area contributed by atoms with Crippen LogP contribution in [0.1, 0.15) is 43.1 Å². The number of para-hydroxylation sites is 1. The van der Waals surface area contributed by atoms with E-state index in [0.717, 1.165) is 59.5 Å². The zero-order valence-corrected chi connectivity index (χ0v) is 20.5. The van der Waals surface area contributed by atoms with E-state index >= 15 is 0 Å². The summed E-state index contributed by atoms with van der Waals surface area (Å²) in [6.07, 6.45) is 6.33. The highest BCUT2D eigenvalue weighted by molar-refractivity contribution is 6.35. The molecule has 6 rings (SSSR count). The number of hydrogen-bond acceptors (Lipinski definition) is 6. The Balaban J connectivity index is 1.27. The van der Waals surface area contributed by atoms with Crippen LogP contribution in [0.2, 0.25) is 5.02 Å². The largest absolute Gasteiger partial charge is 0.382 e. The van der Waals surface area contributed by atoms with E-state index in [4.69, 9.17) is 22.3 Å². The van der Waals surface area contributed by atoms with E-state index in [9.17, 15) is 4.79 Å². The number of halogens is 1. The Hall–Kier alpha value is -3.98. The number of anilines is 2. The lowest BCUT2D eigenvalue weighted by molar-refractivity contribution is -0.120. The molecule has 10 heteroatoms. The number of carbonyl (C=O) groups is 1. The molecule has 0 spiro atoms. The molecule has 1 aliphatic rings. The van der Waals surface area contributed by atoms with Gasteiger partial charge in [-0.05, 0) is 56.9 Å². The first-order valence-corrected chi connectivity index (χ1v) is 12.4. The number of H-pyrrole nitrogens is 1. The summed E-state index contributed by atoms with van der Waals surface area (Å²) in [5.74, 6) is 1.33. The van der Waals surface area contributed by atoms with Gasteiger partial charge in [0.15, 0.2) is 5.82 Å². The monoisotopic (exact) mass is 500 g/mol. The summed E-state index contributed by atoms with van der Waals surface area (Å²) in [5.41, 5.74) is 11.0. The van der Waals surface area contributed by atoms with E-state index in [0.29, 0.717) is 22.1 Å². The first-order valence-electron chi connectivity index (χ1n) is 12.0. The van der Waals surface area contributed by atoms with Crippen molar-refractivity contribution in [3.63, 3.8) is 0 Å². The second-order valence-electron chi connectivity index (χ2n) is 9.34. The fraction of sp³-hybridized carbons (Fsp3) is 0.269. The smallest absolute Gasteiger partial charge is 0.227 e. The van der Waals surface area contributed by atoms with Crippen LogP contribution in [0, 0.1) is 12.8 Å². The van der Waals surface area contributed by atoms with Crippen molar-refractivity contribution >= 4 is 45.4 Å². The number of pyridine rings is 1. The lowest BCUT2D eigenvalue weighted by Gasteiger charge is -2.26. The summed E-state index contributed by atoms with van der Waals surface area (Å²) in [6.45, 7) is 1.92. The number of amides is 1. The summed E-state index contributed by atoms with van der Waals surface area (Å²) in [4.78, 5) is 29.7. The lowest BCUT2D eigenvalue weighted by Crippen LogP contribution is -2.27. The van der Waals surface area contributed by atoms with Gasteiger partial charge in [-0.25, -0.2) is 14.5 Å². The van der Waals surface area contributed by atoms with Gasteiger partial charge < -0.3 is 16.0 Å². The van der Waals surface area contributed by atoms with Gasteiger partial charge in [-0.15, -0.1) is 0 Å². The standard InChI is InChI=1S/C26H25ClN8O/c1-14-5-10-18(12-29-14)32-26(36)16-8-6-15(7-9-16)25-34-22(23-24(28)30-13-31-35(23)25)20-11-17-3-2-4-19(27)21(17)33-20/h2-5,10-13,15-16,33H,6-9H2,1H3,(H,32,36)(H2,28,30,31)/t15-,16-. The van der Waals surface area contributed by atoms with Crippen LogP contribution in [-0.4, -0.2) is 35.5 Å². The van der Waals surface area contributed by atoms with Crippen LogP contribution in [-0.2, 0) is 4.79 Å². The third-order valence-electron chi connectivity index (χ3n) is 6.99. The highest BCUT2D eigenvalue weighted by Gasteiger charge is 2.31. The number of nitrogen functional groups attached to an aromatic ring is 1. The molecule has 1 aliphatic carbocycles. The van der Waals surface area contributed by atoms with Gasteiger partial charge in [-0.3, -0.25) is 9.78 Å². The quantitative estimate of drug-likeness (QED) is 0.314. The predicted molar refractivity (Wildman–Crippen MR) is 140 cm³/mol. The number of hydrogen-bond donors (Lipinski definition) is 3. The molecule has 182 valence electrons. The van der Waals surface area contributed by atoms with Crippen molar-refractivity contribution in [1.29, 1.82) is 0 Å². The second kappa shape index (κ2) is 8.91. The molecule has 4 N–H and O–H groups in total. The molecule has 5 aromatic rings. The summed E-state index contributed by atoms with van der Waals surface area (Å²) in [5, 5.41) is 9.12. The van der Waals surface area contributed by atoms with Crippen molar-refractivity contribution in [2.24, 2.45) is 5.92 Å². The topological polar surface area (TPSA) is 127 Å². The van der Waals surface area contributed by atoms with Gasteiger partial charge >= 0.3 is 0 Å². The minimum Gasteiger partial charge on any atom is -0.382 e. The molecule has 4 aromatic heterocycles. The van der Waals surface area contributed by atoms with Crippen molar-refractivity contribution in [1.82, 2.24) is 29.5 Å². The van der Waals surface area contributed by atoms with Gasteiger partial charge in [0.1, 0.15) is 23.4 Å². The maximum Gasteiger partial charge on any atom is 0.227 e. The SMILES string of the molecule is Cc1ccc(NC(=O)[C@H]2CC[C@H](c3nc(-c4cc5cccc(Cl)c5[nH]4)c4c(N)ncnn43)CC2)cn1. The molecule has 0 atom stereocenters. The molecule has 1 amide bonds. The fourth-order valence-electron chi connectivity index (χ4n) is 5.08. The van der Waals surface area contributed by atoms with E-state index in [1.165, 1.54) is 6.33 Å². The molecule has 0 aliphatic heterocycles. The van der Waals surface area contributed by atoms with Gasteiger partial charge in [0, 0.05) is 22.9 Å². The molecule has 1 fully saturated rings. The third-order valence-corrected chi connectivity index (χ3v) is 7.30. The Bertz CT molecular complexity index is 1580. The predicted octanol–water partition coefficient (Wildman–Crippen LogP) is 5.12. The molecule has 9 nitrogen and oxygen atoms in total. The summed E-state index contributed by atoms with van der Waals surface area (Å²) >= 11 is 6.39. The number of fused-ring (bicyclic) bond motifs is 2. The normalized spacial score (nSPS) is 18.1. The molecule has 1 aromatic carbocycles. The Morgan fingerprint density at radius 2 is 2.00 bits per heavy atom. The van der Waals surface area contributed by atoms with Crippen LogP contribution in [0.15, 0.2) is 48.9 Å². The minimum absolute atomic E-state index is 0.0364. The molecule has 1 saturated carbocycles. The highest BCUT2D eigenvalue weighted by Crippen LogP contribution is 2.39. The number of nitrogens with one attached hydrogen (secondary N) is 2. The molecule has 4 heterocycles. The molecule has 0 radical (unpaired) electrons. The van der Waals surface area contributed by atoms with E-state index in [1.54, 1.807) is 10.7 Å². The first-order chi connectivity index (χ1) is 17.5. The van der Waals surface area contributed by atoms with Crippen molar-refractivity contribution in [3.8, 4) is 11.4 Å². The number of carbonyl (C=O) groups excluding carboxylic acids is 1. The summed E-state index contributed by atoms with van der Waals surface area (Å²) in [6, 6.07) is 11.6. The van der Waals surface area contributed by atoms with Gasteiger partial charge in [0.25, 0.3) is 0 Å². The summed E-state index contributed by atoms with van der Waals surface area (Å²) in [7, 11) is 0. The van der Waals surface area contributed by atoms with Crippen LogP contribution < -0.4 is 11.1 Å². The van der Waals surface area contributed by atoms with Gasteiger partial charge in [0.05, 0.1) is 28.1 Å². The molecule has 0 saturated heterocycles. The fourth-order valence-corrected chi connectivity index (χ4v) is 5.30. The van der Waals surface area contributed by atoms with Crippen molar-refractivity contribution in [2.75, 3.05) is 11.1 Å².